The van der Waals surface area contributed by atoms with E-state index in [0.717, 1.165) is 36.5 Å². The molecule has 1 N–H and O–H groups in total. The first-order valence-electron chi connectivity index (χ1n) is 8.40. The Morgan fingerprint density at radius 2 is 1.96 bits per heavy atom. The fourth-order valence-electron chi connectivity index (χ4n) is 2.84. The zero-order chi connectivity index (χ0) is 16.7. The van der Waals surface area contributed by atoms with Crippen LogP contribution in [0.25, 0.3) is 0 Å². The molecule has 23 heavy (non-hydrogen) atoms. The number of likely N-dealkylation sites (tertiary alicyclic amines) is 1. The van der Waals surface area contributed by atoms with Crippen molar-refractivity contribution >= 4 is 17.5 Å². The standard InChI is InChI=1S/C18H27ClN2O2/c1-14(2)21-10-7-16(8-11-21)18(22)20-9-12-23-13-15-3-5-17(19)6-4-15/h3-6,14,16H,7-13H2,1-2H3,(H,20,22). The number of halogens is 1. The number of ether oxygens (including phenoxy) is 1. The topological polar surface area (TPSA) is 41.6 Å². The lowest BCUT2D eigenvalue weighted by Crippen LogP contribution is -2.43. The van der Waals surface area contributed by atoms with Gasteiger partial charge in [-0.3, -0.25) is 4.79 Å². The molecule has 1 heterocycles. The van der Waals surface area contributed by atoms with Gasteiger partial charge in [0.15, 0.2) is 0 Å². The highest BCUT2D eigenvalue weighted by Gasteiger charge is 2.25. The fourth-order valence-corrected chi connectivity index (χ4v) is 2.97. The first-order chi connectivity index (χ1) is 11.1. The van der Waals surface area contributed by atoms with E-state index in [4.69, 9.17) is 16.3 Å². The largest absolute Gasteiger partial charge is 0.375 e. The molecule has 0 unspecified atom stereocenters. The lowest BCUT2D eigenvalue weighted by atomic mass is 9.95. The van der Waals surface area contributed by atoms with Gasteiger partial charge in [-0.25, -0.2) is 0 Å². The maximum atomic E-state index is 12.1. The van der Waals surface area contributed by atoms with Crippen molar-refractivity contribution in [2.75, 3.05) is 26.2 Å². The molecule has 0 atom stereocenters. The molecule has 128 valence electrons. The monoisotopic (exact) mass is 338 g/mol. The molecule has 1 aromatic rings. The smallest absolute Gasteiger partial charge is 0.223 e. The van der Waals surface area contributed by atoms with Crippen LogP contribution in [0, 0.1) is 5.92 Å². The second-order valence-electron chi connectivity index (χ2n) is 6.37. The molecule has 1 saturated heterocycles. The van der Waals surface area contributed by atoms with Crippen molar-refractivity contribution in [1.82, 2.24) is 10.2 Å². The van der Waals surface area contributed by atoms with E-state index in [1.54, 1.807) is 0 Å². The third-order valence-corrected chi connectivity index (χ3v) is 4.61. The van der Waals surface area contributed by atoms with Crippen molar-refractivity contribution in [2.45, 2.75) is 39.3 Å². The molecule has 2 rings (SSSR count). The highest BCUT2D eigenvalue weighted by molar-refractivity contribution is 6.30. The molecule has 0 aliphatic carbocycles. The van der Waals surface area contributed by atoms with Gasteiger partial charge in [0.2, 0.25) is 5.91 Å². The number of nitrogens with zero attached hydrogens (tertiary/aromatic N) is 1. The molecule has 0 saturated carbocycles. The van der Waals surface area contributed by atoms with Gasteiger partial charge in [0.1, 0.15) is 0 Å². The Morgan fingerprint density at radius 3 is 2.57 bits per heavy atom. The van der Waals surface area contributed by atoms with Crippen LogP contribution in [0.4, 0.5) is 0 Å². The molecule has 1 amide bonds. The number of amides is 1. The van der Waals surface area contributed by atoms with Crippen molar-refractivity contribution in [3.05, 3.63) is 34.9 Å². The second-order valence-corrected chi connectivity index (χ2v) is 6.81. The van der Waals surface area contributed by atoms with Crippen LogP contribution in [0.3, 0.4) is 0 Å². The van der Waals surface area contributed by atoms with Crippen molar-refractivity contribution in [3.8, 4) is 0 Å². The van der Waals surface area contributed by atoms with Gasteiger partial charge in [-0.05, 0) is 57.5 Å². The number of carbonyl (C=O) groups is 1. The van der Waals surface area contributed by atoms with Crippen molar-refractivity contribution in [1.29, 1.82) is 0 Å². The second kappa shape index (κ2) is 9.26. The Balaban J connectivity index is 1.57. The summed E-state index contributed by atoms with van der Waals surface area (Å²) in [5, 5.41) is 3.71. The van der Waals surface area contributed by atoms with Crippen LogP contribution >= 0.6 is 11.6 Å². The predicted molar refractivity (Wildman–Crippen MR) is 93.6 cm³/mol. The summed E-state index contributed by atoms with van der Waals surface area (Å²) in [6.07, 6.45) is 1.91. The Labute approximate surface area is 144 Å². The van der Waals surface area contributed by atoms with Gasteiger partial charge in [0.25, 0.3) is 0 Å². The van der Waals surface area contributed by atoms with E-state index in [0.29, 0.717) is 25.8 Å². The number of hydrogen-bond acceptors (Lipinski definition) is 3. The summed E-state index contributed by atoms with van der Waals surface area (Å²) in [5.41, 5.74) is 1.08. The number of nitrogens with one attached hydrogen (secondary N) is 1. The summed E-state index contributed by atoms with van der Waals surface area (Å²) in [7, 11) is 0. The van der Waals surface area contributed by atoms with Crippen LogP contribution in [0.2, 0.25) is 5.02 Å². The number of hydrogen-bond donors (Lipinski definition) is 1. The van der Waals surface area contributed by atoms with Gasteiger partial charge in [-0.1, -0.05) is 23.7 Å². The van der Waals surface area contributed by atoms with Crippen molar-refractivity contribution in [3.63, 3.8) is 0 Å². The minimum absolute atomic E-state index is 0.154. The summed E-state index contributed by atoms with van der Waals surface area (Å²) < 4.78 is 5.58. The molecule has 1 fully saturated rings. The van der Waals surface area contributed by atoms with Crippen LogP contribution in [-0.4, -0.2) is 43.1 Å². The third kappa shape index (κ3) is 6.13. The van der Waals surface area contributed by atoms with Gasteiger partial charge in [0.05, 0.1) is 13.2 Å². The van der Waals surface area contributed by atoms with Crippen LogP contribution in [0.1, 0.15) is 32.3 Å². The average molecular weight is 339 g/mol. The normalized spacial score (nSPS) is 16.7. The average Bonchev–Trinajstić information content (AvgIpc) is 2.56. The van der Waals surface area contributed by atoms with E-state index in [2.05, 4.69) is 24.1 Å². The third-order valence-electron chi connectivity index (χ3n) is 4.36. The first kappa shape index (κ1) is 18.2. The van der Waals surface area contributed by atoms with Gasteiger partial charge in [-0.2, -0.15) is 0 Å². The Bertz CT molecular complexity index is 482. The minimum atomic E-state index is 0.154. The Kier molecular flexibility index (Phi) is 7.34. The molecule has 0 aromatic heterocycles. The number of piperidine rings is 1. The summed E-state index contributed by atoms with van der Waals surface area (Å²) in [5.74, 6) is 0.324. The summed E-state index contributed by atoms with van der Waals surface area (Å²) in [4.78, 5) is 14.6. The summed E-state index contributed by atoms with van der Waals surface area (Å²) in [6.45, 7) is 8.08. The van der Waals surface area contributed by atoms with Crippen LogP contribution in [-0.2, 0) is 16.1 Å². The van der Waals surface area contributed by atoms with E-state index in [-0.39, 0.29) is 11.8 Å². The zero-order valence-corrected chi connectivity index (χ0v) is 14.8. The SMILES string of the molecule is CC(C)N1CCC(C(=O)NCCOCc2ccc(Cl)cc2)CC1. The Morgan fingerprint density at radius 1 is 1.30 bits per heavy atom. The maximum absolute atomic E-state index is 12.1. The zero-order valence-electron chi connectivity index (χ0n) is 14.1. The summed E-state index contributed by atoms with van der Waals surface area (Å²) >= 11 is 5.84. The van der Waals surface area contributed by atoms with E-state index in [1.165, 1.54) is 0 Å². The molecule has 5 heteroatoms. The van der Waals surface area contributed by atoms with E-state index in [9.17, 15) is 4.79 Å². The van der Waals surface area contributed by atoms with Gasteiger partial charge in [0, 0.05) is 23.5 Å². The molecule has 0 bridgehead atoms. The lowest BCUT2D eigenvalue weighted by Gasteiger charge is -2.33. The van der Waals surface area contributed by atoms with Crippen LogP contribution in [0.5, 0.6) is 0 Å². The Hall–Kier alpha value is -1.10. The highest BCUT2D eigenvalue weighted by Crippen LogP contribution is 2.18. The highest BCUT2D eigenvalue weighted by atomic mass is 35.5. The summed E-state index contributed by atoms with van der Waals surface area (Å²) in [6, 6.07) is 8.17. The quantitative estimate of drug-likeness (QED) is 0.777. The molecule has 1 aliphatic heterocycles. The number of benzene rings is 1. The lowest BCUT2D eigenvalue weighted by molar-refractivity contribution is -0.126. The first-order valence-corrected chi connectivity index (χ1v) is 8.78. The molecular formula is C18H27ClN2O2. The van der Waals surface area contributed by atoms with Crippen molar-refractivity contribution in [2.24, 2.45) is 5.92 Å². The van der Waals surface area contributed by atoms with E-state index < -0.39 is 0 Å². The van der Waals surface area contributed by atoms with Gasteiger partial charge < -0.3 is 15.0 Å². The fraction of sp³-hybridized carbons (Fsp3) is 0.611. The molecule has 4 nitrogen and oxygen atoms in total. The van der Waals surface area contributed by atoms with Crippen LogP contribution in [0.15, 0.2) is 24.3 Å². The van der Waals surface area contributed by atoms with E-state index in [1.807, 2.05) is 24.3 Å². The number of carbonyl (C=O) groups excluding carboxylic acids is 1. The molecule has 1 aromatic carbocycles. The molecule has 0 spiro atoms. The molecule has 0 radical (unpaired) electrons. The van der Waals surface area contributed by atoms with Crippen molar-refractivity contribution < 1.29 is 9.53 Å². The maximum Gasteiger partial charge on any atom is 0.223 e. The predicted octanol–water partition coefficient (Wildman–Crippen LogP) is 3.09. The van der Waals surface area contributed by atoms with Crippen LogP contribution < -0.4 is 5.32 Å². The van der Waals surface area contributed by atoms with Gasteiger partial charge >= 0.3 is 0 Å². The van der Waals surface area contributed by atoms with Gasteiger partial charge in [-0.15, -0.1) is 0 Å². The molecular weight excluding hydrogens is 312 g/mol. The minimum Gasteiger partial charge on any atom is -0.375 e. The number of rotatable bonds is 7. The van der Waals surface area contributed by atoms with E-state index >= 15 is 0 Å². The molecule has 1 aliphatic rings.